The van der Waals surface area contributed by atoms with E-state index in [1.165, 1.54) is 27.5 Å². The van der Waals surface area contributed by atoms with E-state index in [2.05, 4.69) is 49.4 Å². The second-order valence-corrected chi connectivity index (χ2v) is 7.61. The molecule has 0 bridgehead atoms. The lowest BCUT2D eigenvalue weighted by Crippen LogP contribution is -2.08. The highest BCUT2D eigenvalue weighted by Gasteiger charge is 2.23. The molecule has 2 heteroatoms. The number of halogens is 1. The van der Waals surface area contributed by atoms with Crippen molar-refractivity contribution in [2.24, 2.45) is 0 Å². The molecule has 0 N–H and O–H groups in total. The molecule has 0 aliphatic heterocycles. The largest absolute Gasteiger partial charge is 0.131 e. The molecular weight excluding hydrogens is 244 g/mol. The first-order valence-corrected chi connectivity index (χ1v) is 8.42. The molecule has 0 saturated heterocycles. The highest BCUT2D eigenvalue weighted by atomic mass is 35.5. The monoisotopic (exact) mass is 258 g/mol. The Morgan fingerprint density at radius 3 is 2.82 bits per heavy atom. The summed E-state index contributed by atoms with van der Waals surface area (Å²) in [6.07, 6.45) is 2.36. The van der Waals surface area contributed by atoms with Crippen LogP contribution in [0.25, 0.3) is 16.8 Å². The maximum atomic E-state index is 5.97. The van der Waals surface area contributed by atoms with Crippen LogP contribution in [0.3, 0.4) is 0 Å². The van der Waals surface area contributed by atoms with E-state index in [0.29, 0.717) is 5.54 Å². The Morgan fingerprint density at radius 1 is 1.18 bits per heavy atom. The van der Waals surface area contributed by atoms with Crippen LogP contribution in [0.1, 0.15) is 23.6 Å². The van der Waals surface area contributed by atoms with E-state index in [9.17, 15) is 0 Å². The van der Waals surface area contributed by atoms with E-state index in [1.54, 1.807) is 0 Å². The predicted octanol–water partition coefficient (Wildman–Crippen LogP) is 3.66. The highest BCUT2D eigenvalue weighted by molar-refractivity contribution is 6.52. The number of alkyl halides is 1. The first kappa shape index (κ1) is 11.1. The summed E-state index contributed by atoms with van der Waals surface area (Å²) in [6.45, 7) is 2.25. The molecule has 1 aliphatic carbocycles. The predicted molar refractivity (Wildman–Crippen MR) is 79.6 cm³/mol. The van der Waals surface area contributed by atoms with Gasteiger partial charge >= 0.3 is 0 Å². The smallest absolute Gasteiger partial charge is 0.0514 e. The molecule has 1 unspecified atom stereocenters. The van der Waals surface area contributed by atoms with Crippen molar-refractivity contribution in [2.75, 3.05) is 5.50 Å². The van der Waals surface area contributed by atoms with Crippen LogP contribution >= 0.6 is 11.6 Å². The number of benzene rings is 2. The molecule has 0 amide bonds. The van der Waals surface area contributed by atoms with Gasteiger partial charge in [0.1, 0.15) is 0 Å². The van der Waals surface area contributed by atoms with Crippen molar-refractivity contribution in [1.82, 2.24) is 0 Å². The average Bonchev–Trinajstić information content (AvgIpc) is 2.67. The fourth-order valence-corrected chi connectivity index (χ4v) is 4.96. The van der Waals surface area contributed by atoms with Gasteiger partial charge in [-0.25, -0.2) is 0 Å². The van der Waals surface area contributed by atoms with Gasteiger partial charge in [-0.2, -0.15) is 0 Å². The summed E-state index contributed by atoms with van der Waals surface area (Å²) in [6, 6.07) is 13.2. The van der Waals surface area contributed by atoms with Gasteiger partial charge in [-0.15, -0.1) is 11.6 Å². The van der Waals surface area contributed by atoms with Crippen molar-refractivity contribution >= 4 is 38.0 Å². The van der Waals surface area contributed by atoms with Crippen LogP contribution < -0.4 is 0 Å². The lowest BCUT2D eigenvalue weighted by atomic mass is 10.0. The summed E-state index contributed by atoms with van der Waals surface area (Å²) in [7, 11) is -0.227. The Balaban J connectivity index is 2.23. The fourth-order valence-electron chi connectivity index (χ4n) is 2.84. The summed E-state index contributed by atoms with van der Waals surface area (Å²) in [5.74, 6) is 0. The molecule has 1 aliphatic rings. The standard InChI is InChI=1S/C15H15ClSi/c1-10-8-14-12-5-3-2-4-11(12)6-7-13(14)15(10)17-9-16/h2-8,15H,9,17H2,1H3. The summed E-state index contributed by atoms with van der Waals surface area (Å²) >= 11 is 5.97. The summed E-state index contributed by atoms with van der Waals surface area (Å²) in [5, 5.41) is 2.72. The van der Waals surface area contributed by atoms with E-state index in [0.717, 1.165) is 5.50 Å². The van der Waals surface area contributed by atoms with E-state index < -0.39 is 0 Å². The lowest BCUT2D eigenvalue weighted by Gasteiger charge is -2.13. The number of hydrogen-bond donors (Lipinski definition) is 0. The highest BCUT2D eigenvalue weighted by Crippen LogP contribution is 2.39. The SMILES string of the molecule is CC1=Cc2c(ccc3ccccc23)C1[SiH2]CCl. The molecule has 0 radical (unpaired) electrons. The third kappa shape index (κ3) is 1.74. The molecule has 1 atom stereocenters. The van der Waals surface area contributed by atoms with Gasteiger partial charge in [0.25, 0.3) is 0 Å². The Hall–Kier alpha value is -1.05. The van der Waals surface area contributed by atoms with E-state index in [-0.39, 0.29) is 9.52 Å². The second kappa shape index (κ2) is 4.32. The maximum absolute atomic E-state index is 5.97. The topological polar surface area (TPSA) is 0 Å². The van der Waals surface area contributed by atoms with Crippen LogP contribution in [0.2, 0.25) is 0 Å². The molecule has 3 rings (SSSR count). The van der Waals surface area contributed by atoms with Gasteiger partial charge in [0.15, 0.2) is 0 Å². The van der Waals surface area contributed by atoms with Crippen LogP contribution in [0.4, 0.5) is 0 Å². The first-order chi connectivity index (χ1) is 8.31. The number of hydrogen-bond acceptors (Lipinski definition) is 0. The second-order valence-electron chi connectivity index (χ2n) is 4.71. The average molecular weight is 259 g/mol. The summed E-state index contributed by atoms with van der Waals surface area (Å²) in [5.41, 5.74) is 5.97. The number of rotatable bonds is 2. The molecular formula is C15H15ClSi. The molecule has 0 nitrogen and oxygen atoms in total. The molecule has 17 heavy (non-hydrogen) atoms. The molecule has 0 aromatic heterocycles. The minimum absolute atomic E-state index is 0.227. The van der Waals surface area contributed by atoms with Gasteiger partial charge < -0.3 is 0 Å². The molecule has 2 aromatic carbocycles. The third-order valence-corrected chi connectivity index (χ3v) is 6.23. The minimum atomic E-state index is -0.227. The van der Waals surface area contributed by atoms with Crippen molar-refractivity contribution in [1.29, 1.82) is 0 Å². The number of fused-ring (bicyclic) bond motifs is 3. The zero-order valence-corrected chi connectivity index (χ0v) is 12.1. The van der Waals surface area contributed by atoms with Gasteiger partial charge in [0, 0.05) is 5.50 Å². The van der Waals surface area contributed by atoms with Crippen molar-refractivity contribution in [2.45, 2.75) is 12.5 Å². The van der Waals surface area contributed by atoms with Crippen LogP contribution in [0, 0.1) is 0 Å². The molecule has 0 spiro atoms. The normalized spacial score (nSPS) is 18.9. The van der Waals surface area contributed by atoms with Crippen molar-refractivity contribution in [3.8, 4) is 0 Å². The third-order valence-electron chi connectivity index (χ3n) is 3.70. The quantitative estimate of drug-likeness (QED) is 0.570. The fraction of sp³-hybridized carbons (Fsp3) is 0.200. The number of allylic oxidation sites excluding steroid dienone is 1. The minimum Gasteiger partial charge on any atom is -0.131 e. The van der Waals surface area contributed by atoms with Crippen LogP contribution in [0.5, 0.6) is 0 Å². The maximum Gasteiger partial charge on any atom is 0.0514 e. The van der Waals surface area contributed by atoms with Crippen LogP contribution in [0.15, 0.2) is 42.0 Å². The Kier molecular flexibility index (Phi) is 2.81. The zero-order chi connectivity index (χ0) is 11.8. The Bertz CT molecular complexity index is 601. The van der Waals surface area contributed by atoms with Crippen LogP contribution in [-0.2, 0) is 0 Å². The zero-order valence-electron chi connectivity index (χ0n) is 9.91. The van der Waals surface area contributed by atoms with Gasteiger partial charge in [-0.3, -0.25) is 0 Å². The molecule has 0 saturated carbocycles. The van der Waals surface area contributed by atoms with E-state index in [1.807, 2.05) is 0 Å². The van der Waals surface area contributed by atoms with Gasteiger partial charge in [-0.1, -0.05) is 48.0 Å². The summed E-state index contributed by atoms with van der Waals surface area (Å²) in [4.78, 5) is 0. The summed E-state index contributed by atoms with van der Waals surface area (Å²) < 4.78 is 0. The van der Waals surface area contributed by atoms with Crippen molar-refractivity contribution < 1.29 is 0 Å². The van der Waals surface area contributed by atoms with Gasteiger partial charge in [0.2, 0.25) is 0 Å². The van der Waals surface area contributed by atoms with Gasteiger partial charge in [-0.05, 0) is 34.4 Å². The Morgan fingerprint density at radius 2 is 2.00 bits per heavy atom. The van der Waals surface area contributed by atoms with E-state index >= 15 is 0 Å². The van der Waals surface area contributed by atoms with E-state index in [4.69, 9.17) is 11.6 Å². The van der Waals surface area contributed by atoms with Gasteiger partial charge in [0.05, 0.1) is 9.52 Å². The molecule has 2 aromatic rings. The first-order valence-electron chi connectivity index (χ1n) is 6.07. The molecule has 0 fully saturated rings. The van der Waals surface area contributed by atoms with Crippen molar-refractivity contribution in [3.05, 3.63) is 53.1 Å². The van der Waals surface area contributed by atoms with Crippen LogP contribution in [-0.4, -0.2) is 15.0 Å². The lowest BCUT2D eigenvalue weighted by molar-refractivity contribution is 1.13. The van der Waals surface area contributed by atoms with Crippen molar-refractivity contribution in [3.63, 3.8) is 0 Å². The molecule has 0 heterocycles. The molecule has 86 valence electrons. The Labute approximate surface area is 109 Å².